The van der Waals surface area contributed by atoms with Crippen LogP contribution in [0, 0.1) is 13.8 Å². The van der Waals surface area contributed by atoms with Gasteiger partial charge in [0.15, 0.2) is 0 Å². The number of aryl methyl sites for hydroxylation is 2. The topological polar surface area (TPSA) is 88.1 Å². The molecule has 0 aliphatic heterocycles. The monoisotopic (exact) mass is 510 g/mol. The second-order valence-corrected chi connectivity index (χ2v) is 10.1. The first-order valence-corrected chi connectivity index (χ1v) is 13.5. The van der Waals surface area contributed by atoms with E-state index in [9.17, 15) is 14.7 Å². The second kappa shape index (κ2) is 14.1. The molecule has 7 heteroatoms. The molecule has 0 heterocycles. The Balaban J connectivity index is 1.52. The number of hydrogen-bond donors (Lipinski definition) is 2. The molecule has 3 rings (SSSR count). The molecule has 2 aromatic carbocycles. The zero-order chi connectivity index (χ0) is 26.8. The number of aromatic carboxylic acids is 1. The number of hydrogen-bond acceptors (Lipinski definition) is 4. The lowest BCUT2D eigenvalue weighted by molar-refractivity contribution is -0.0531. The molecule has 1 unspecified atom stereocenters. The van der Waals surface area contributed by atoms with Gasteiger partial charge in [0.1, 0.15) is 0 Å². The van der Waals surface area contributed by atoms with E-state index in [1.165, 1.54) is 0 Å². The number of carbonyl (C=O) groups is 2. The lowest BCUT2D eigenvalue weighted by atomic mass is 9.94. The Morgan fingerprint density at radius 1 is 1.05 bits per heavy atom. The van der Waals surface area contributed by atoms with E-state index in [-0.39, 0.29) is 30.9 Å². The van der Waals surface area contributed by atoms with E-state index in [1.807, 2.05) is 61.2 Å². The number of amides is 2. The number of nitrogens with zero attached hydrogens (tertiary/aromatic N) is 1. The standard InChI is InChI=1S/C30H42N2O5/c1-5-10-23(4)32(30(35)31-27-16-7-6-11-21(27)2)17-18-36-25-14-9-15-26(19-25)37-20-24-13-8-12-22(3)28(24)29(33)34/h6-8,11-13,16,23,25-26H,5,9-10,14-15,17-20H2,1-4H3,(H,31,35)(H,33,34)/t23?,25-,26+/m1/s1. The molecule has 3 atom stereocenters. The molecule has 0 bridgehead atoms. The SMILES string of the molecule is CCCC(C)N(CCO[C@@H]1CCC[C@H](OCc2cccc(C)c2C(=O)O)C1)C(=O)Nc1ccccc1C. The van der Waals surface area contributed by atoms with Crippen molar-refractivity contribution in [2.24, 2.45) is 0 Å². The number of para-hydroxylation sites is 1. The highest BCUT2D eigenvalue weighted by Crippen LogP contribution is 2.26. The Morgan fingerprint density at radius 3 is 2.46 bits per heavy atom. The van der Waals surface area contributed by atoms with Gasteiger partial charge in [-0.3, -0.25) is 0 Å². The lowest BCUT2D eigenvalue weighted by Gasteiger charge is -2.32. The van der Waals surface area contributed by atoms with Crippen molar-refractivity contribution in [1.82, 2.24) is 4.90 Å². The summed E-state index contributed by atoms with van der Waals surface area (Å²) in [4.78, 5) is 26.7. The minimum atomic E-state index is -0.921. The zero-order valence-corrected chi connectivity index (χ0v) is 22.7. The largest absolute Gasteiger partial charge is 0.478 e. The number of carboxylic acid groups (broad SMARTS) is 1. The molecule has 0 radical (unpaired) electrons. The summed E-state index contributed by atoms with van der Waals surface area (Å²) in [5, 5.41) is 12.6. The van der Waals surface area contributed by atoms with Gasteiger partial charge in [0, 0.05) is 18.3 Å². The summed E-state index contributed by atoms with van der Waals surface area (Å²) in [5.74, 6) is -0.921. The second-order valence-electron chi connectivity index (χ2n) is 10.1. The van der Waals surface area contributed by atoms with Crippen LogP contribution in [0.4, 0.5) is 10.5 Å². The van der Waals surface area contributed by atoms with Crippen LogP contribution < -0.4 is 5.32 Å². The maximum Gasteiger partial charge on any atom is 0.336 e. The summed E-state index contributed by atoms with van der Waals surface area (Å²) in [6, 6.07) is 13.3. The average molecular weight is 511 g/mol. The average Bonchev–Trinajstić information content (AvgIpc) is 2.87. The summed E-state index contributed by atoms with van der Waals surface area (Å²) in [7, 11) is 0. The fraction of sp³-hybridized carbons (Fsp3) is 0.533. The zero-order valence-electron chi connectivity index (χ0n) is 22.7. The molecule has 2 aromatic rings. The van der Waals surface area contributed by atoms with Crippen molar-refractivity contribution in [1.29, 1.82) is 0 Å². The van der Waals surface area contributed by atoms with Crippen molar-refractivity contribution < 1.29 is 24.2 Å². The van der Waals surface area contributed by atoms with Crippen LogP contribution in [0.25, 0.3) is 0 Å². The first kappa shape index (κ1) is 28.7. The van der Waals surface area contributed by atoms with Crippen molar-refractivity contribution in [3.63, 3.8) is 0 Å². The molecule has 7 nitrogen and oxygen atoms in total. The van der Waals surface area contributed by atoms with Gasteiger partial charge in [-0.2, -0.15) is 0 Å². The Morgan fingerprint density at radius 2 is 1.76 bits per heavy atom. The molecule has 1 fully saturated rings. The number of ether oxygens (including phenoxy) is 2. The van der Waals surface area contributed by atoms with E-state index >= 15 is 0 Å². The van der Waals surface area contributed by atoms with Gasteiger partial charge in [-0.1, -0.05) is 49.7 Å². The predicted octanol–water partition coefficient (Wildman–Crippen LogP) is 6.57. The van der Waals surface area contributed by atoms with E-state index in [0.717, 1.165) is 55.3 Å². The minimum Gasteiger partial charge on any atom is -0.478 e. The molecule has 1 aliphatic carbocycles. The Kier molecular flexibility index (Phi) is 11.0. The first-order chi connectivity index (χ1) is 17.8. The summed E-state index contributed by atoms with van der Waals surface area (Å²) in [5.41, 5.74) is 3.64. The highest BCUT2D eigenvalue weighted by atomic mass is 16.5. The summed E-state index contributed by atoms with van der Waals surface area (Å²) >= 11 is 0. The van der Waals surface area contributed by atoms with E-state index in [2.05, 4.69) is 19.2 Å². The van der Waals surface area contributed by atoms with Crippen molar-refractivity contribution in [2.45, 2.75) is 91.1 Å². The van der Waals surface area contributed by atoms with Gasteiger partial charge in [-0.15, -0.1) is 0 Å². The van der Waals surface area contributed by atoms with Crippen LogP contribution in [0.1, 0.15) is 79.4 Å². The van der Waals surface area contributed by atoms with Gasteiger partial charge in [-0.25, -0.2) is 9.59 Å². The van der Waals surface area contributed by atoms with Gasteiger partial charge in [0.05, 0.1) is 31.0 Å². The van der Waals surface area contributed by atoms with Crippen LogP contribution in [0.15, 0.2) is 42.5 Å². The van der Waals surface area contributed by atoms with Crippen molar-refractivity contribution in [3.8, 4) is 0 Å². The third-order valence-corrected chi connectivity index (χ3v) is 7.20. The first-order valence-electron chi connectivity index (χ1n) is 13.5. The summed E-state index contributed by atoms with van der Waals surface area (Å²) in [6.45, 7) is 9.28. The number of anilines is 1. The van der Waals surface area contributed by atoms with Gasteiger partial charge < -0.3 is 24.8 Å². The van der Waals surface area contributed by atoms with E-state index in [0.29, 0.717) is 24.3 Å². The Hall–Kier alpha value is -2.90. The quantitative estimate of drug-likeness (QED) is 0.337. The fourth-order valence-corrected chi connectivity index (χ4v) is 5.08. The van der Waals surface area contributed by atoms with Crippen LogP contribution in [0.5, 0.6) is 0 Å². The smallest absolute Gasteiger partial charge is 0.336 e. The number of carbonyl (C=O) groups excluding carboxylic acids is 1. The Labute approximate surface area is 221 Å². The maximum atomic E-state index is 13.1. The molecule has 1 aliphatic rings. The minimum absolute atomic E-state index is 0.0281. The summed E-state index contributed by atoms with van der Waals surface area (Å²) in [6.07, 6.45) is 5.70. The maximum absolute atomic E-state index is 13.1. The van der Waals surface area contributed by atoms with E-state index in [1.54, 1.807) is 0 Å². The third-order valence-electron chi connectivity index (χ3n) is 7.20. The molecule has 37 heavy (non-hydrogen) atoms. The number of carboxylic acids is 1. The van der Waals surface area contributed by atoms with Crippen molar-refractivity contribution in [3.05, 3.63) is 64.7 Å². The highest BCUT2D eigenvalue weighted by molar-refractivity contribution is 5.91. The van der Waals surface area contributed by atoms with Gasteiger partial charge in [0.25, 0.3) is 0 Å². The van der Waals surface area contributed by atoms with Crippen molar-refractivity contribution in [2.75, 3.05) is 18.5 Å². The molecule has 0 saturated heterocycles. The molecule has 202 valence electrons. The van der Waals surface area contributed by atoms with Gasteiger partial charge >= 0.3 is 12.0 Å². The fourth-order valence-electron chi connectivity index (χ4n) is 5.08. The van der Waals surface area contributed by atoms with Crippen LogP contribution in [-0.2, 0) is 16.1 Å². The number of rotatable bonds is 12. The molecule has 2 N–H and O–H groups in total. The van der Waals surface area contributed by atoms with E-state index in [4.69, 9.17) is 9.47 Å². The number of benzene rings is 2. The van der Waals surface area contributed by atoms with Crippen molar-refractivity contribution >= 4 is 17.7 Å². The molecule has 0 spiro atoms. The predicted molar refractivity (Wildman–Crippen MR) is 146 cm³/mol. The van der Waals surface area contributed by atoms with Crippen LogP contribution in [0.3, 0.4) is 0 Å². The van der Waals surface area contributed by atoms with Crippen LogP contribution in [-0.4, -0.2) is 53.4 Å². The molecular weight excluding hydrogens is 468 g/mol. The van der Waals surface area contributed by atoms with Gasteiger partial charge in [0.2, 0.25) is 0 Å². The number of urea groups is 1. The van der Waals surface area contributed by atoms with Gasteiger partial charge in [-0.05, 0) is 75.6 Å². The normalized spacial score (nSPS) is 18.3. The van der Waals surface area contributed by atoms with Crippen LogP contribution in [0.2, 0.25) is 0 Å². The molecule has 1 saturated carbocycles. The molecular formula is C30H42N2O5. The molecule has 2 amide bonds. The number of nitrogens with one attached hydrogen (secondary N) is 1. The third kappa shape index (κ3) is 8.30. The lowest BCUT2D eigenvalue weighted by Crippen LogP contribution is -2.44. The highest BCUT2D eigenvalue weighted by Gasteiger charge is 2.25. The summed E-state index contributed by atoms with van der Waals surface area (Å²) < 4.78 is 12.4. The molecule has 0 aromatic heterocycles. The van der Waals surface area contributed by atoms with Crippen LogP contribution >= 0.6 is 0 Å². The Bertz CT molecular complexity index is 1040. The van der Waals surface area contributed by atoms with E-state index < -0.39 is 5.97 Å².